The van der Waals surface area contributed by atoms with E-state index in [9.17, 15) is 0 Å². The molecular formula is C29H33NO4. The summed E-state index contributed by atoms with van der Waals surface area (Å²) in [6.45, 7) is 4.72. The molecule has 0 aromatic heterocycles. The Bertz CT molecular complexity index is 1070. The van der Waals surface area contributed by atoms with Gasteiger partial charge in [-0.15, -0.1) is 0 Å². The minimum absolute atomic E-state index is 0.168. The first-order chi connectivity index (χ1) is 16.7. The fourth-order valence-corrected chi connectivity index (χ4v) is 5.14. The van der Waals surface area contributed by atoms with E-state index >= 15 is 0 Å². The molecule has 34 heavy (non-hydrogen) atoms. The number of fused-ring (bicyclic) bond motifs is 1. The molecule has 1 fully saturated rings. The molecule has 2 heterocycles. The highest BCUT2D eigenvalue weighted by atomic mass is 16.5. The molecule has 5 rings (SSSR count). The lowest BCUT2D eigenvalue weighted by Crippen LogP contribution is -2.25. The first-order valence-electron chi connectivity index (χ1n) is 12.1. The Morgan fingerprint density at radius 3 is 2.15 bits per heavy atom. The van der Waals surface area contributed by atoms with Crippen molar-refractivity contribution in [2.75, 3.05) is 47.1 Å². The Kier molecular flexibility index (Phi) is 6.91. The highest BCUT2D eigenvalue weighted by Crippen LogP contribution is 2.47. The molecule has 5 heteroatoms. The second-order valence-electron chi connectivity index (χ2n) is 9.04. The molecule has 2 aliphatic rings. The maximum Gasteiger partial charge on any atom is 0.126 e. The Hall–Kier alpha value is -3.18. The van der Waals surface area contributed by atoms with Crippen molar-refractivity contribution in [1.29, 1.82) is 0 Å². The van der Waals surface area contributed by atoms with E-state index in [1.807, 2.05) is 24.3 Å². The molecule has 5 nitrogen and oxygen atoms in total. The minimum atomic E-state index is 0.168. The van der Waals surface area contributed by atoms with Crippen molar-refractivity contribution in [3.05, 3.63) is 83.4 Å². The van der Waals surface area contributed by atoms with Crippen molar-refractivity contribution in [1.82, 2.24) is 4.90 Å². The van der Waals surface area contributed by atoms with E-state index in [-0.39, 0.29) is 11.8 Å². The summed E-state index contributed by atoms with van der Waals surface area (Å²) < 4.78 is 23.1. The lowest BCUT2D eigenvalue weighted by atomic mass is 9.76. The summed E-state index contributed by atoms with van der Waals surface area (Å²) in [5, 5.41) is 0. The molecule has 2 atom stereocenters. The van der Waals surface area contributed by atoms with Gasteiger partial charge < -0.3 is 18.9 Å². The molecule has 0 aliphatic carbocycles. The first kappa shape index (κ1) is 22.6. The quantitative estimate of drug-likeness (QED) is 0.446. The molecule has 0 saturated carbocycles. The Morgan fingerprint density at radius 2 is 1.44 bits per heavy atom. The van der Waals surface area contributed by atoms with E-state index in [0.717, 1.165) is 36.1 Å². The molecule has 0 spiro atoms. The van der Waals surface area contributed by atoms with Gasteiger partial charge >= 0.3 is 0 Å². The number of benzene rings is 3. The monoisotopic (exact) mass is 459 g/mol. The molecule has 2 aliphatic heterocycles. The second kappa shape index (κ2) is 10.4. The number of hydrogen-bond donors (Lipinski definition) is 0. The topological polar surface area (TPSA) is 40.2 Å². The molecule has 0 N–H and O–H groups in total. The van der Waals surface area contributed by atoms with Gasteiger partial charge in [0.25, 0.3) is 0 Å². The Balaban J connectivity index is 1.40. The highest BCUT2D eigenvalue weighted by Gasteiger charge is 2.33. The van der Waals surface area contributed by atoms with Gasteiger partial charge in [0.15, 0.2) is 0 Å². The van der Waals surface area contributed by atoms with Crippen LogP contribution in [0.2, 0.25) is 0 Å². The maximum absolute atomic E-state index is 6.23. The van der Waals surface area contributed by atoms with E-state index in [1.54, 1.807) is 14.2 Å². The standard InChI is InChI=1S/C29H33NO4/c1-31-23-9-5-21(6-10-23)27-20-34-28-19-25(32-2)13-14-26(28)29(27)22-7-11-24(12-8-22)33-18-17-30-15-3-4-16-30/h5-14,19,27,29H,3-4,15-18,20H2,1-2H3/t27-,29-/m0/s1. The Morgan fingerprint density at radius 1 is 0.794 bits per heavy atom. The van der Waals surface area contributed by atoms with Crippen LogP contribution in [0.1, 0.15) is 41.4 Å². The van der Waals surface area contributed by atoms with Gasteiger partial charge in [-0.3, -0.25) is 4.90 Å². The largest absolute Gasteiger partial charge is 0.497 e. The van der Waals surface area contributed by atoms with Gasteiger partial charge in [-0.1, -0.05) is 30.3 Å². The third-order valence-electron chi connectivity index (χ3n) is 7.03. The van der Waals surface area contributed by atoms with E-state index in [1.165, 1.54) is 42.6 Å². The van der Waals surface area contributed by atoms with Gasteiger partial charge in [0, 0.05) is 30.0 Å². The summed E-state index contributed by atoms with van der Waals surface area (Å²) >= 11 is 0. The average Bonchev–Trinajstić information content (AvgIpc) is 3.42. The Labute approximate surface area is 202 Å². The van der Waals surface area contributed by atoms with Gasteiger partial charge in [-0.2, -0.15) is 0 Å². The number of nitrogens with zero attached hydrogens (tertiary/aromatic N) is 1. The molecule has 3 aromatic rings. The molecule has 1 saturated heterocycles. The summed E-state index contributed by atoms with van der Waals surface area (Å²) in [6, 6.07) is 23.1. The van der Waals surface area contributed by atoms with Crippen molar-refractivity contribution in [2.45, 2.75) is 24.7 Å². The zero-order valence-electron chi connectivity index (χ0n) is 20.0. The summed E-state index contributed by atoms with van der Waals surface area (Å²) in [7, 11) is 3.38. The van der Waals surface area contributed by atoms with Crippen molar-refractivity contribution in [2.24, 2.45) is 0 Å². The molecule has 0 radical (unpaired) electrons. The predicted molar refractivity (Wildman–Crippen MR) is 134 cm³/mol. The van der Waals surface area contributed by atoms with Crippen LogP contribution in [0.4, 0.5) is 0 Å². The molecule has 0 bridgehead atoms. The lowest BCUT2D eigenvalue weighted by Gasteiger charge is -2.34. The summed E-state index contributed by atoms with van der Waals surface area (Å²) in [5.74, 6) is 3.83. The number of ether oxygens (including phenoxy) is 4. The smallest absolute Gasteiger partial charge is 0.126 e. The summed E-state index contributed by atoms with van der Waals surface area (Å²) in [4.78, 5) is 2.47. The van der Waals surface area contributed by atoms with Crippen LogP contribution in [0.25, 0.3) is 0 Å². The minimum Gasteiger partial charge on any atom is -0.497 e. The van der Waals surface area contributed by atoms with Crippen LogP contribution < -0.4 is 18.9 Å². The van der Waals surface area contributed by atoms with Crippen LogP contribution in [0.15, 0.2) is 66.7 Å². The molecular weight excluding hydrogens is 426 g/mol. The van der Waals surface area contributed by atoms with E-state index in [0.29, 0.717) is 6.61 Å². The van der Waals surface area contributed by atoms with Crippen LogP contribution >= 0.6 is 0 Å². The lowest BCUT2D eigenvalue weighted by molar-refractivity contribution is 0.237. The normalized spacial score (nSPS) is 19.8. The van der Waals surface area contributed by atoms with Gasteiger partial charge in [0.2, 0.25) is 0 Å². The molecule has 0 unspecified atom stereocenters. The van der Waals surface area contributed by atoms with Crippen LogP contribution in [0.5, 0.6) is 23.0 Å². The average molecular weight is 460 g/mol. The van der Waals surface area contributed by atoms with Gasteiger partial charge in [-0.05, 0) is 67.4 Å². The van der Waals surface area contributed by atoms with Gasteiger partial charge in [0.05, 0.1) is 20.8 Å². The zero-order chi connectivity index (χ0) is 23.3. The fraction of sp³-hybridized carbons (Fsp3) is 0.379. The highest BCUT2D eigenvalue weighted by molar-refractivity contribution is 5.51. The van der Waals surface area contributed by atoms with Crippen molar-refractivity contribution < 1.29 is 18.9 Å². The van der Waals surface area contributed by atoms with E-state index < -0.39 is 0 Å². The third kappa shape index (κ3) is 4.85. The van der Waals surface area contributed by atoms with Crippen LogP contribution in [0.3, 0.4) is 0 Å². The van der Waals surface area contributed by atoms with Gasteiger partial charge in [-0.25, -0.2) is 0 Å². The van der Waals surface area contributed by atoms with Crippen molar-refractivity contribution in [3.63, 3.8) is 0 Å². The SMILES string of the molecule is COc1ccc([C@@H]2COc3cc(OC)ccc3[C@@H]2c2ccc(OCCN3CCCC3)cc2)cc1. The second-order valence-corrected chi connectivity index (χ2v) is 9.04. The fourth-order valence-electron chi connectivity index (χ4n) is 5.14. The molecule has 3 aromatic carbocycles. The van der Waals surface area contributed by atoms with Crippen LogP contribution in [-0.4, -0.2) is 52.0 Å². The first-order valence-corrected chi connectivity index (χ1v) is 12.1. The summed E-state index contributed by atoms with van der Waals surface area (Å²) in [6.07, 6.45) is 2.62. The maximum atomic E-state index is 6.23. The number of hydrogen-bond acceptors (Lipinski definition) is 5. The van der Waals surface area contributed by atoms with E-state index in [2.05, 4.69) is 47.4 Å². The van der Waals surface area contributed by atoms with Crippen LogP contribution in [-0.2, 0) is 0 Å². The molecule has 178 valence electrons. The zero-order valence-corrected chi connectivity index (χ0v) is 20.0. The third-order valence-corrected chi connectivity index (χ3v) is 7.03. The van der Waals surface area contributed by atoms with E-state index in [4.69, 9.17) is 18.9 Å². The summed E-state index contributed by atoms with van der Waals surface area (Å²) in [5.41, 5.74) is 3.66. The van der Waals surface area contributed by atoms with Crippen molar-refractivity contribution >= 4 is 0 Å². The number of rotatable bonds is 8. The number of methoxy groups -OCH3 is 2. The van der Waals surface area contributed by atoms with Crippen LogP contribution in [0, 0.1) is 0 Å². The molecule has 0 amide bonds. The van der Waals surface area contributed by atoms with Crippen molar-refractivity contribution in [3.8, 4) is 23.0 Å². The predicted octanol–water partition coefficient (Wildman–Crippen LogP) is 5.49. The van der Waals surface area contributed by atoms with Gasteiger partial charge in [0.1, 0.15) is 29.6 Å². The number of likely N-dealkylation sites (tertiary alicyclic amines) is 1.